The van der Waals surface area contributed by atoms with Gasteiger partial charge in [0.1, 0.15) is 10.8 Å². The number of pyridine rings is 1. The van der Waals surface area contributed by atoms with Crippen molar-refractivity contribution in [3.05, 3.63) is 76.2 Å². The van der Waals surface area contributed by atoms with Crippen LogP contribution in [0.4, 0.5) is 5.00 Å². The van der Waals surface area contributed by atoms with Crippen molar-refractivity contribution in [1.29, 1.82) is 0 Å². The van der Waals surface area contributed by atoms with Gasteiger partial charge in [-0.05, 0) is 61.9 Å². The number of fused-ring (bicyclic) bond motifs is 2. The Morgan fingerprint density at radius 1 is 1.14 bits per heavy atom. The number of para-hydroxylation sites is 1. The zero-order valence-electron chi connectivity index (χ0n) is 20.6. The second-order valence-corrected chi connectivity index (χ2v) is 10.1. The lowest BCUT2D eigenvalue weighted by Crippen LogP contribution is -2.17. The van der Waals surface area contributed by atoms with E-state index in [0.717, 1.165) is 40.7 Å². The summed E-state index contributed by atoms with van der Waals surface area (Å²) < 4.78 is 10.7. The predicted octanol–water partition coefficient (Wildman–Crippen LogP) is 6.53. The maximum atomic E-state index is 13.7. The average Bonchev–Trinajstić information content (AvgIpc) is 3.24. The van der Waals surface area contributed by atoms with Gasteiger partial charge in [0.25, 0.3) is 5.91 Å². The minimum Gasteiger partial charge on any atom is -0.497 e. The van der Waals surface area contributed by atoms with E-state index < -0.39 is 0 Å². The number of nitrogens with zero attached hydrogens (tertiary/aromatic N) is 1. The Balaban J connectivity index is 1.58. The molecule has 5 rings (SSSR count). The van der Waals surface area contributed by atoms with E-state index in [1.54, 1.807) is 20.1 Å². The van der Waals surface area contributed by atoms with Crippen LogP contribution in [0.5, 0.6) is 5.75 Å². The quantitative estimate of drug-likeness (QED) is 0.305. The van der Waals surface area contributed by atoms with Crippen LogP contribution in [-0.4, -0.2) is 30.6 Å². The van der Waals surface area contributed by atoms with E-state index in [1.807, 2.05) is 48.5 Å². The number of hydrogen-bond acceptors (Lipinski definition) is 6. The minimum absolute atomic E-state index is 0.282. The van der Waals surface area contributed by atoms with E-state index in [2.05, 4.69) is 12.2 Å². The van der Waals surface area contributed by atoms with Crippen molar-refractivity contribution in [2.24, 2.45) is 5.92 Å². The number of esters is 1. The molecule has 2 aromatic carbocycles. The van der Waals surface area contributed by atoms with Gasteiger partial charge in [-0.3, -0.25) is 4.79 Å². The molecule has 4 aromatic rings. The first-order chi connectivity index (χ1) is 17.5. The smallest absolute Gasteiger partial charge is 0.341 e. The number of carbonyl (C=O) groups is 2. The van der Waals surface area contributed by atoms with Gasteiger partial charge in [0.15, 0.2) is 0 Å². The van der Waals surface area contributed by atoms with Crippen LogP contribution in [0.1, 0.15) is 51.4 Å². The molecule has 1 atom stereocenters. The summed E-state index contributed by atoms with van der Waals surface area (Å²) in [5.74, 6) is 0.599. The summed E-state index contributed by atoms with van der Waals surface area (Å²) >= 11 is 1.49. The lowest BCUT2D eigenvalue weighted by Gasteiger charge is -2.18. The molecule has 0 bridgehead atoms. The van der Waals surface area contributed by atoms with Crippen LogP contribution >= 0.6 is 11.3 Å². The third-order valence-corrected chi connectivity index (χ3v) is 7.71. The number of methoxy groups -OCH3 is 1. The van der Waals surface area contributed by atoms with E-state index >= 15 is 0 Å². The van der Waals surface area contributed by atoms with Crippen molar-refractivity contribution in [2.45, 2.75) is 33.1 Å². The Bertz CT molecular complexity index is 1460. The fraction of sp³-hybridized carbons (Fsp3) is 0.276. The first-order valence-electron chi connectivity index (χ1n) is 12.2. The van der Waals surface area contributed by atoms with Gasteiger partial charge in [0.05, 0.1) is 36.1 Å². The molecule has 2 heterocycles. The first-order valence-corrected chi connectivity index (χ1v) is 13.0. The van der Waals surface area contributed by atoms with Crippen LogP contribution in [0.2, 0.25) is 0 Å². The number of anilines is 1. The second kappa shape index (κ2) is 10.1. The molecule has 36 heavy (non-hydrogen) atoms. The summed E-state index contributed by atoms with van der Waals surface area (Å²) in [6.45, 7) is 4.29. The van der Waals surface area contributed by atoms with E-state index in [-0.39, 0.29) is 18.5 Å². The zero-order chi connectivity index (χ0) is 25.2. The van der Waals surface area contributed by atoms with Crippen molar-refractivity contribution in [2.75, 3.05) is 19.0 Å². The van der Waals surface area contributed by atoms with Crippen LogP contribution in [0.15, 0.2) is 54.6 Å². The highest BCUT2D eigenvalue weighted by Gasteiger charge is 2.29. The Morgan fingerprint density at radius 2 is 1.97 bits per heavy atom. The van der Waals surface area contributed by atoms with Gasteiger partial charge < -0.3 is 14.8 Å². The zero-order valence-corrected chi connectivity index (χ0v) is 21.4. The number of benzene rings is 2. The van der Waals surface area contributed by atoms with Crippen LogP contribution in [0, 0.1) is 5.92 Å². The van der Waals surface area contributed by atoms with Gasteiger partial charge in [-0.15, -0.1) is 11.3 Å². The van der Waals surface area contributed by atoms with E-state index in [1.165, 1.54) is 11.3 Å². The van der Waals surface area contributed by atoms with Crippen LogP contribution in [-0.2, 0) is 17.6 Å². The van der Waals surface area contributed by atoms with E-state index in [9.17, 15) is 9.59 Å². The van der Waals surface area contributed by atoms with E-state index in [0.29, 0.717) is 39.0 Å². The number of amides is 1. The number of rotatable bonds is 6. The molecule has 1 aliphatic carbocycles. The Hall–Kier alpha value is -3.71. The Kier molecular flexibility index (Phi) is 6.74. The molecule has 0 saturated heterocycles. The molecular weight excluding hydrogens is 472 g/mol. The topological polar surface area (TPSA) is 77.5 Å². The molecular formula is C29H28N2O4S. The molecule has 7 heteroatoms. The lowest BCUT2D eigenvalue weighted by molar-refractivity contribution is 0.0526. The molecule has 0 fully saturated rings. The Labute approximate surface area is 214 Å². The summed E-state index contributed by atoms with van der Waals surface area (Å²) in [6.07, 6.45) is 2.73. The van der Waals surface area contributed by atoms with Gasteiger partial charge in [-0.2, -0.15) is 0 Å². The number of thiophene rings is 1. The van der Waals surface area contributed by atoms with Gasteiger partial charge in [0, 0.05) is 15.8 Å². The molecule has 0 aliphatic heterocycles. The largest absolute Gasteiger partial charge is 0.497 e. The summed E-state index contributed by atoms with van der Waals surface area (Å²) in [5, 5.41) is 4.36. The van der Waals surface area contributed by atoms with Crippen molar-refractivity contribution in [3.8, 4) is 17.0 Å². The van der Waals surface area contributed by atoms with Crippen molar-refractivity contribution in [3.63, 3.8) is 0 Å². The van der Waals surface area contributed by atoms with Crippen molar-refractivity contribution in [1.82, 2.24) is 4.98 Å². The standard InChI is InChI=1S/C29H28N2O4S/c1-4-35-29(33)26-21-13-12-17(2)14-25(21)36-28(26)31-27(32)22-16-24(18-8-7-9-19(15-18)34-3)30-23-11-6-5-10-20(22)23/h5-11,15-17H,4,12-14H2,1-3H3,(H,31,32)/t17-/m1/s1. The predicted molar refractivity (Wildman–Crippen MR) is 143 cm³/mol. The number of nitrogens with one attached hydrogen (secondary N) is 1. The van der Waals surface area contributed by atoms with E-state index in [4.69, 9.17) is 14.5 Å². The summed E-state index contributed by atoms with van der Waals surface area (Å²) in [7, 11) is 1.62. The van der Waals surface area contributed by atoms with Gasteiger partial charge >= 0.3 is 5.97 Å². The van der Waals surface area contributed by atoms with Crippen molar-refractivity contribution >= 4 is 39.1 Å². The molecule has 0 radical (unpaired) electrons. The highest BCUT2D eigenvalue weighted by atomic mass is 32.1. The number of carbonyl (C=O) groups excluding carboxylic acids is 2. The molecule has 2 aromatic heterocycles. The van der Waals surface area contributed by atoms with Gasteiger partial charge in [-0.25, -0.2) is 9.78 Å². The second-order valence-electron chi connectivity index (χ2n) is 9.03. The Morgan fingerprint density at radius 3 is 2.78 bits per heavy atom. The van der Waals surface area contributed by atoms with Crippen molar-refractivity contribution < 1.29 is 19.1 Å². The fourth-order valence-corrected chi connectivity index (χ4v) is 6.12. The molecule has 0 spiro atoms. The monoisotopic (exact) mass is 500 g/mol. The summed E-state index contributed by atoms with van der Waals surface area (Å²) in [4.78, 5) is 32.6. The molecule has 6 nitrogen and oxygen atoms in total. The molecule has 1 amide bonds. The third-order valence-electron chi connectivity index (χ3n) is 6.54. The maximum Gasteiger partial charge on any atom is 0.341 e. The number of hydrogen-bond donors (Lipinski definition) is 1. The lowest BCUT2D eigenvalue weighted by atomic mass is 9.88. The molecule has 1 N–H and O–H groups in total. The van der Waals surface area contributed by atoms with Gasteiger partial charge in [0.2, 0.25) is 0 Å². The summed E-state index contributed by atoms with van der Waals surface area (Å²) in [6, 6.07) is 17.0. The van der Waals surface area contributed by atoms with Crippen LogP contribution < -0.4 is 10.1 Å². The average molecular weight is 501 g/mol. The third kappa shape index (κ3) is 4.58. The molecule has 0 saturated carbocycles. The molecule has 0 unspecified atom stereocenters. The highest BCUT2D eigenvalue weighted by Crippen LogP contribution is 2.40. The maximum absolute atomic E-state index is 13.7. The molecule has 1 aliphatic rings. The summed E-state index contributed by atoms with van der Waals surface area (Å²) in [5.41, 5.74) is 4.25. The molecule has 184 valence electrons. The van der Waals surface area contributed by atoms with Crippen LogP contribution in [0.3, 0.4) is 0 Å². The normalized spacial score (nSPS) is 14.8. The number of ether oxygens (including phenoxy) is 2. The van der Waals surface area contributed by atoms with Gasteiger partial charge in [-0.1, -0.05) is 37.3 Å². The van der Waals surface area contributed by atoms with Crippen LogP contribution in [0.25, 0.3) is 22.2 Å². The number of aromatic nitrogens is 1. The highest BCUT2D eigenvalue weighted by molar-refractivity contribution is 7.17. The first kappa shape index (κ1) is 24.0. The SMILES string of the molecule is CCOC(=O)c1c(NC(=O)c2cc(-c3cccc(OC)c3)nc3ccccc23)sc2c1CC[C@@H](C)C2. The fourth-order valence-electron chi connectivity index (χ4n) is 4.72. The minimum atomic E-state index is -0.378.